The zero-order valence-electron chi connectivity index (χ0n) is 15.7. The van der Waals surface area contributed by atoms with Crippen LogP contribution >= 0.6 is 0 Å². The van der Waals surface area contributed by atoms with E-state index in [9.17, 15) is 18.4 Å². The van der Waals surface area contributed by atoms with E-state index in [0.29, 0.717) is 39.3 Å². The molecule has 1 aromatic carbocycles. The molecule has 4 rings (SSSR count). The van der Waals surface area contributed by atoms with E-state index < -0.39 is 11.6 Å². The maximum atomic E-state index is 13.5. The molecule has 3 heterocycles. The normalized spacial score (nSPS) is 17.2. The molecule has 10 heteroatoms. The molecule has 152 valence electrons. The highest BCUT2D eigenvalue weighted by Crippen LogP contribution is 2.22. The third-order valence-electron chi connectivity index (χ3n) is 5.16. The number of anilines is 2. The second-order valence-electron chi connectivity index (χ2n) is 6.89. The lowest BCUT2D eigenvalue weighted by Crippen LogP contribution is -2.51. The first-order valence-electron chi connectivity index (χ1n) is 9.33. The summed E-state index contributed by atoms with van der Waals surface area (Å²) in [7, 11) is 0. The van der Waals surface area contributed by atoms with Crippen molar-refractivity contribution in [2.45, 2.75) is 0 Å². The molecule has 1 aromatic heterocycles. The zero-order valence-corrected chi connectivity index (χ0v) is 15.7. The molecule has 2 saturated heterocycles. The smallest absolute Gasteiger partial charge is 0.325 e. The van der Waals surface area contributed by atoms with E-state index in [-0.39, 0.29) is 24.2 Å². The summed E-state index contributed by atoms with van der Waals surface area (Å²) in [5, 5.41) is 0. The fourth-order valence-corrected chi connectivity index (χ4v) is 3.54. The molecule has 2 aliphatic rings. The molecule has 0 aliphatic carbocycles. The van der Waals surface area contributed by atoms with Crippen molar-refractivity contribution in [2.24, 2.45) is 0 Å². The van der Waals surface area contributed by atoms with Crippen LogP contribution in [0.15, 0.2) is 36.8 Å². The molecule has 29 heavy (non-hydrogen) atoms. The van der Waals surface area contributed by atoms with Crippen molar-refractivity contribution in [2.75, 3.05) is 55.6 Å². The molecule has 2 aromatic rings. The van der Waals surface area contributed by atoms with Crippen molar-refractivity contribution in [3.05, 3.63) is 48.4 Å². The number of carbonyl (C=O) groups excluding carboxylic acids is 2. The van der Waals surface area contributed by atoms with E-state index in [0.717, 1.165) is 18.0 Å². The summed E-state index contributed by atoms with van der Waals surface area (Å²) in [5.41, 5.74) is 0.280. The molecule has 0 N–H and O–H groups in total. The van der Waals surface area contributed by atoms with Crippen LogP contribution in [0, 0.1) is 11.6 Å². The quantitative estimate of drug-likeness (QED) is 0.772. The lowest BCUT2D eigenvalue weighted by molar-refractivity contribution is -0.131. The van der Waals surface area contributed by atoms with E-state index in [2.05, 4.69) is 14.9 Å². The highest BCUT2D eigenvalue weighted by molar-refractivity contribution is 5.96. The van der Waals surface area contributed by atoms with Crippen molar-refractivity contribution in [3.8, 4) is 0 Å². The maximum Gasteiger partial charge on any atom is 0.325 e. The van der Waals surface area contributed by atoms with Crippen LogP contribution in [0.25, 0.3) is 0 Å². The van der Waals surface area contributed by atoms with E-state index in [1.165, 1.54) is 22.2 Å². The van der Waals surface area contributed by atoms with Gasteiger partial charge < -0.3 is 14.7 Å². The van der Waals surface area contributed by atoms with Gasteiger partial charge in [0.15, 0.2) is 11.6 Å². The van der Waals surface area contributed by atoms with Gasteiger partial charge in [-0.3, -0.25) is 9.69 Å². The number of benzene rings is 1. The number of halogens is 2. The fourth-order valence-electron chi connectivity index (χ4n) is 3.54. The lowest BCUT2D eigenvalue weighted by atomic mass is 10.3. The van der Waals surface area contributed by atoms with Gasteiger partial charge in [0, 0.05) is 57.2 Å². The summed E-state index contributed by atoms with van der Waals surface area (Å²) < 4.78 is 26.6. The van der Waals surface area contributed by atoms with Crippen LogP contribution in [-0.4, -0.2) is 77.5 Å². The summed E-state index contributed by atoms with van der Waals surface area (Å²) in [6, 6.07) is 4.78. The first-order valence-corrected chi connectivity index (χ1v) is 9.33. The van der Waals surface area contributed by atoms with Crippen molar-refractivity contribution in [1.82, 2.24) is 19.8 Å². The second kappa shape index (κ2) is 7.98. The monoisotopic (exact) mass is 402 g/mol. The van der Waals surface area contributed by atoms with Gasteiger partial charge in [-0.15, -0.1) is 0 Å². The van der Waals surface area contributed by atoms with Gasteiger partial charge >= 0.3 is 6.03 Å². The van der Waals surface area contributed by atoms with Crippen LogP contribution in [0.4, 0.5) is 25.1 Å². The molecule has 0 atom stereocenters. The first-order chi connectivity index (χ1) is 14.0. The van der Waals surface area contributed by atoms with Crippen molar-refractivity contribution >= 4 is 23.4 Å². The number of carbonyl (C=O) groups is 2. The van der Waals surface area contributed by atoms with Gasteiger partial charge in [0.1, 0.15) is 18.7 Å². The number of hydrogen-bond donors (Lipinski definition) is 0. The summed E-state index contributed by atoms with van der Waals surface area (Å²) in [5.74, 6) is -1.28. The minimum Gasteiger partial charge on any atom is -0.353 e. The van der Waals surface area contributed by atoms with Crippen LogP contribution in [-0.2, 0) is 4.79 Å². The molecular formula is C19H20F2N6O2. The van der Waals surface area contributed by atoms with E-state index in [4.69, 9.17) is 0 Å². The standard InChI is InChI=1S/C19H20F2N6O2/c20-15-2-1-14(11-16(15)21)27-10-9-26(19(27)29)12-18(28)25-7-5-24(6-8-25)17-3-4-22-13-23-17/h1-4,11,13H,5-10,12H2. The predicted octanol–water partition coefficient (Wildman–Crippen LogP) is 1.35. The molecule has 0 saturated carbocycles. The van der Waals surface area contributed by atoms with Crippen LogP contribution < -0.4 is 9.80 Å². The Bertz CT molecular complexity index is 905. The Hall–Kier alpha value is -3.30. The van der Waals surface area contributed by atoms with Gasteiger partial charge in [-0.05, 0) is 18.2 Å². The number of urea groups is 1. The third-order valence-corrected chi connectivity index (χ3v) is 5.16. The van der Waals surface area contributed by atoms with Crippen LogP contribution in [0.3, 0.4) is 0 Å². The zero-order chi connectivity index (χ0) is 20.4. The first kappa shape index (κ1) is 19.0. The van der Waals surface area contributed by atoms with E-state index in [1.54, 1.807) is 11.1 Å². The fraction of sp³-hybridized carbons (Fsp3) is 0.368. The lowest BCUT2D eigenvalue weighted by Gasteiger charge is -2.36. The third kappa shape index (κ3) is 3.96. The molecule has 2 fully saturated rings. The Morgan fingerprint density at radius 1 is 1.00 bits per heavy atom. The van der Waals surface area contributed by atoms with Crippen LogP contribution in [0.2, 0.25) is 0 Å². The molecule has 3 amide bonds. The van der Waals surface area contributed by atoms with Gasteiger partial charge in [-0.1, -0.05) is 0 Å². The number of hydrogen-bond acceptors (Lipinski definition) is 5. The highest BCUT2D eigenvalue weighted by atomic mass is 19.2. The molecule has 8 nitrogen and oxygen atoms in total. The molecule has 0 spiro atoms. The van der Waals surface area contributed by atoms with Crippen molar-refractivity contribution in [1.29, 1.82) is 0 Å². The van der Waals surface area contributed by atoms with Gasteiger partial charge in [0.2, 0.25) is 5.91 Å². The van der Waals surface area contributed by atoms with Gasteiger partial charge in [-0.25, -0.2) is 23.5 Å². The number of amides is 3. The highest BCUT2D eigenvalue weighted by Gasteiger charge is 2.33. The summed E-state index contributed by atoms with van der Waals surface area (Å²) in [6.07, 6.45) is 3.17. The largest absolute Gasteiger partial charge is 0.353 e. The Kier molecular flexibility index (Phi) is 5.24. The number of rotatable bonds is 4. The topological polar surface area (TPSA) is 72.9 Å². The minimum atomic E-state index is -1.01. The number of aromatic nitrogens is 2. The molecular weight excluding hydrogens is 382 g/mol. The Morgan fingerprint density at radius 3 is 2.48 bits per heavy atom. The Labute approximate surface area is 166 Å². The Morgan fingerprint density at radius 2 is 1.79 bits per heavy atom. The van der Waals surface area contributed by atoms with Gasteiger partial charge in [-0.2, -0.15) is 0 Å². The maximum absolute atomic E-state index is 13.5. The van der Waals surface area contributed by atoms with E-state index >= 15 is 0 Å². The van der Waals surface area contributed by atoms with Crippen LogP contribution in [0.5, 0.6) is 0 Å². The summed E-state index contributed by atoms with van der Waals surface area (Å²) >= 11 is 0. The SMILES string of the molecule is O=C(CN1CCN(c2ccc(F)c(F)c2)C1=O)N1CCN(c2ccncn2)CC1. The van der Waals surface area contributed by atoms with Crippen LogP contribution in [0.1, 0.15) is 0 Å². The number of piperazine rings is 1. The summed E-state index contributed by atoms with van der Waals surface area (Å²) in [6.45, 7) is 3.01. The minimum absolute atomic E-state index is 0.0352. The second-order valence-corrected chi connectivity index (χ2v) is 6.89. The molecule has 0 radical (unpaired) electrons. The van der Waals surface area contributed by atoms with Gasteiger partial charge in [0.05, 0.1) is 0 Å². The average molecular weight is 402 g/mol. The van der Waals surface area contributed by atoms with Gasteiger partial charge in [0.25, 0.3) is 0 Å². The molecule has 0 bridgehead atoms. The predicted molar refractivity (Wildman–Crippen MR) is 101 cm³/mol. The average Bonchev–Trinajstić information content (AvgIpc) is 3.11. The van der Waals surface area contributed by atoms with E-state index in [1.807, 2.05) is 6.07 Å². The number of nitrogens with zero attached hydrogens (tertiary/aromatic N) is 6. The van der Waals surface area contributed by atoms with Crippen molar-refractivity contribution < 1.29 is 18.4 Å². The summed E-state index contributed by atoms with van der Waals surface area (Å²) in [4.78, 5) is 40.0. The molecule has 2 aliphatic heterocycles. The van der Waals surface area contributed by atoms with Crippen molar-refractivity contribution in [3.63, 3.8) is 0 Å². The molecule has 0 unspecified atom stereocenters. The Balaban J connectivity index is 1.32.